The van der Waals surface area contributed by atoms with E-state index in [1.54, 1.807) is 44.2 Å². The van der Waals surface area contributed by atoms with Crippen LogP contribution < -0.4 is 10.0 Å². The minimum Gasteiger partial charge on any atom is -0.480 e. The summed E-state index contributed by atoms with van der Waals surface area (Å²) in [5, 5.41) is 14.3. The number of rotatable bonds is 8. The number of carboxylic acids is 1. The highest BCUT2D eigenvalue weighted by atomic mass is 35.5. The second-order valence-electron chi connectivity index (χ2n) is 8.69. The molecule has 0 saturated heterocycles. The third-order valence-corrected chi connectivity index (χ3v) is 7.22. The van der Waals surface area contributed by atoms with Gasteiger partial charge in [0.05, 0.1) is 4.90 Å². The molecule has 0 radical (unpaired) electrons. The van der Waals surface area contributed by atoms with E-state index >= 15 is 0 Å². The molecule has 0 fully saturated rings. The van der Waals surface area contributed by atoms with Crippen LogP contribution in [0, 0.1) is 5.92 Å². The summed E-state index contributed by atoms with van der Waals surface area (Å²) in [6.45, 7) is 3.48. The number of carbonyl (C=O) groups is 2. The molecule has 3 N–H and O–H groups in total. The maximum Gasteiger partial charge on any atom is 0.326 e. The van der Waals surface area contributed by atoms with Crippen molar-refractivity contribution in [1.82, 2.24) is 5.32 Å². The van der Waals surface area contributed by atoms with Crippen LogP contribution in [-0.4, -0.2) is 27.2 Å². The summed E-state index contributed by atoms with van der Waals surface area (Å²) in [6.07, 6.45) is 0. The first-order valence-corrected chi connectivity index (χ1v) is 12.9. The molecule has 8 heteroatoms. The molecule has 36 heavy (non-hydrogen) atoms. The molecule has 0 aliphatic heterocycles. The number of hydrogen-bond donors (Lipinski definition) is 3. The lowest BCUT2D eigenvalue weighted by molar-refractivity contribution is -0.140. The number of hydrogen-bond acceptors (Lipinski definition) is 3. The highest BCUT2D eigenvalue weighted by molar-refractivity contribution is 7.86. The van der Waals surface area contributed by atoms with Crippen molar-refractivity contribution in [3.63, 3.8) is 0 Å². The van der Waals surface area contributed by atoms with Crippen molar-refractivity contribution in [1.29, 1.82) is 0 Å². The van der Waals surface area contributed by atoms with Crippen LogP contribution in [0.1, 0.15) is 24.2 Å². The van der Waals surface area contributed by atoms with E-state index in [-0.39, 0.29) is 5.92 Å². The Labute approximate surface area is 216 Å². The molecule has 4 aromatic carbocycles. The molecular formula is C28H25ClN2O4S. The number of benzene rings is 4. The summed E-state index contributed by atoms with van der Waals surface area (Å²) in [5.41, 5.74) is 2.79. The van der Waals surface area contributed by atoms with E-state index in [1.807, 2.05) is 54.6 Å². The van der Waals surface area contributed by atoms with E-state index in [9.17, 15) is 18.9 Å². The number of aliphatic carboxylic acids is 1. The van der Waals surface area contributed by atoms with E-state index in [0.717, 1.165) is 21.9 Å². The number of fused-ring (bicyclic) bond motifs is 1. The lowest BCUT2D eigenvalue weighted by atomic mass is 10.0. The third kappa shape index (κ3) is 5.75. The zero-order valence-corrected chi connectivity index (χ0v) is 21.3. The molecule has 2 atom stereocenters. The van der Waals surface area contributed by atoms with Crippen LogP contribution in [0.4, 0.5) is 5.69 Å². The van der Waals surface area contributed by atoms with Crippen LogP contribution in [0.2, 0.25) is 5.02 Å². The lowest BCUT2D eigenvalue weighted by Gasteiger charge is -2.18. The highest BCUT2D eigenvalue weighted by Gasteiger charge is 2.23. The topological polar surface area (TPSA) is 95.5 Å². The van der Waals surface area contributed by atoms with Crippen LogP contribution in [0.5, 0.6) is 0 Å². The van der Waals surface area contributed by atoms with Gasteiger partial charge in [0.25, 0.3) is 5.91 Å². The third-order valence-electron chi connectivity index (χ3n) is 5.79. The monoisotopic (exact) mass is 520 g/mol. The number of halogens is 1. The van der Waals surface area contributed by atoms with Gasteiger partial charge in [-0.3, -0.25) is 4.79 Å². The zero-order valence-electron chi connectivity index (χ0n) is 19.7. The molecule has 0 aliphatic carbocycles. The van der Waals surface area contributed by atoms with Crippen molar-refractivity contribution in [3.8, 4) is 11.1 Å². The molecule has 0 aliphatic rings. The summed E-state index contributed by atoms with van der Waals surface area (Å²) < 4.78 is 16.0. The van der Waals surface area contributed by atoms with Crippen LogP contribution in [-0.2, 0) is 15.8 Å². The van der Waals surface area contributed by atoms with Crippen molar-refractivity contribution < 1.29 is 18.9 Å². The average Bonchev–Trinajstić information content (AvgIpc) is 2.87. The molecule has 0 bridgehead atoms. The fourth-order valence-electron chi connectivity index (χ4n) is 3.82. The Kier molecular flexibility index (Phi) is 7.72. The molecular weight excluding hydrogens is 496 g/mol. The van der Waals surface area contributed by atoms with Gasteiger partial charge in [-0.05, 0) is 64.9 Å². The summed E-state index contributed by atoms with van der Waals surface area (Å²) in [4.78, 5) is 24.5. The van der Waals surface area contributed by atoms with Crippen molar-refractivity contribution in [2.45, 2.75) is 24.8 Å². The molecule has 0 heterocycles. The fourth-order valence-corrected chi connectivity index (χ4v) is 4.95. The molecule has 0 spiro atoms. The average molecular weight is 521 g/mol. The summed E-state index contributed by atoms with van der Waals surface area (Å²) in [6, 6.07) is 24.5. The summed E-state index contributed by atoms with van der Waals surface area (Å²) in [5.74, 6) is -1.74. The number of carboxylic acid groups (broad SMARTS) is 1. The number of nitrogens with one attached hydrogen (secondary N) is 2. The Morgan fingerprint density at radius 2 is 1.61 bits per heavy atom. The number of amides is 1. The Morgan fingerprint density at radius 1 is 0.889 bits per heavy atom. The predicted molar refractivity (Wildman–Crippen MR) is 145 cm³/mol. The zero-order chi connectivity index (χ0) is 25.8. The highest BCUT2D eigenvalue weighted by Crippen LogP contribution is 2.27. The van der Waals surface area contributed by atoms with Crippen molar-refractivity contribution in [2.75, 3.05) is 4.72 Å². The van der Waals surface area contributed by atoms with Gasteiger partial charge in [-0.15, -0.1) is 0 Å². The van der Waals surface area contributed by atoms with E-state index in [2.05, 4.69) is 10.0 Å². The molecule has 184 valence electrons. The minimum atomic E-state index is -1.48. The van der Waals surface area contributed by atoms with Gasteiger partial charge in [-0.25, -0.2) is 9.00 Å². The summed E-state index contributed by atoms with van der Waals surface area (Å²) >= 11 is 6.23. The maximum atomic E-state index is 13.0. The lowest BCUT2D eigenvalue weighted by Crippen LogP contribution is -2.44. The standard InChI is InChI=1S/C28H25ClN2O4S/c1-17(2)26(28(33)34)30-27(32)19-11-9-18(10-12-19)20-5-3-7-22(15-20)31-36(35)23-13-14-24-21(16-23)6-4-8-25(24)29/h3-17,26,31H,1-2H3,(H,30,32)(H,33,34). The predicted octanol–water partition coefficient (Wildman–Crippen LogP) is 6.13. The van der Waals surface area contributed by atoms with Crippen molar-refractivity contribution in [2.24, 2.45) is 5.92 Å². The quantitative estimate of drug-likeness (QED) is 0.260. The Morgan fingerprint density at radius 3 is 2.31 bits per heavy atom. The Balaban J connectivity index is 1.48. The Hall–Kier alpha value is -3.68. The van der Waals surface area contributed by atoms with E-state index in [4.69, 9.17) is 11.6 Å². The molecule has 4 rings (SSSR count). The first kappa shape index (κ1) is 25.4. The summed E-state index contributed by atoms with van der Waals surface area (Å²) in [7, 11) is -1.48. The van der Waals surface area contributed by atoms with Gasteiger partial charge in [0, 0.05) is 21.7 Å². The second kappa shape index (κ2) is 10.9. The normalized spacial score (nSPS) is 12.8. The van der Waals surface area contributed by atoms with Gasteiger partial charge in [-0.1, -0.05) is 67.9 Å². The van der Waals surface area contributed by atoms with Gasteiger partial charge in [0.1, 0.15) is 17.0 Å². The molecule has 0 saturated carbocycles. The van der Waals surface area contributed by atoms with Crippen LogP contribution >= 0.6 is 11.6 Å². The number of carbonyl (C=O) groups excluding carboxylic acids is 1. The minimum absolute atomic E-state index is 0.237. The smallest absolute Gasteiger partial charge is 0.326 e. The van der Waals surface area contributed by atoms with Gasteiger partial charge >= 0.3 is 5.97 Å². The molecule has 6 nitrogen and oxygen atoms in total. The van der Waals surface area contributed by atoms with E-state index < -0.39 is 28.9 Å². The van der Waals surface area contributed by atoms with Crippen molar-refractivity contribution >= 4 is 50.9 Å². The molecule has 2 unspecified atom stereocenters. The van der Waals surface area contributed by atoms with Gasteiger partial charge < -0.3 is 15.1 Å². The van der Waals surface area contributed by atoms with E-state index in [1.165, 1.54) is 0 Å². The number of anilines is 1. The van der Waals surface area contributed by atoms with Gasteiger partial charge in [0.2, 0.25) is 0 Å². The van der Waals surface area contributed by atoms with Gasteiger partial charge in [-0.2, -0.15) is 0 Å². The second-order valence-corrected chi connectivity index (χ2v) is 10.3. The molecule has 1 amide bonds. The maximum absolute atomic E-state index is 13.0. The van der Waals surface area contributed by atoms with Gasteiger partial charge in [0.15, 0.2) is 0 Å². The largest absolute Gasteiger partial charge is 0.480 e. The molecule has 0 aromatic heterocycles. The van der Waals surface area contributed by atoms with E-state index in [0.29, 0.717) is 21.2 Å². The first-order chi connectivity index (χ1) is 17.2. The van der Waals surface area contributed by atoms with Crippen LogP contribution in [0.25, 0.3) is 21.9 Å². The first-order valence-electron chi connectivity index (χ1n) is 11.3. The Bertz CT molecular complexity index is 1450. The van der Waals surface area contributed by atoms with Crippen molar-refractivity contribution in [3.05, 3.63) is 95.5 Å². The SMILES string of the molecule is CC(C)C(NC(=O)c1ccc(-c2cccc(NS(=O)c3ccc4c(Cl)cccc4c3)c2)cc1)C(=O)O. The van der Waals surface area contributed by atoms with Crippen LogP contribution in [0.3, 0.4) is 0 Å². The van der Waals surface area contributed by atoms with Crippen LogP contribution in [0.15, 0.2) is 89.8 Å². The molecule has 4 aromatic rings. The fraction of sp³-hybridized carbons (Fsp3) is 0.143.